The zero-order valence-corrected chi connectivity index (χ0v) is 24.0. The molecule has 1 rings (SSSR count). The first-order valence-corrected chi connectivity index (χ1v) is 12.2. The molecule has 0 aromatic heterocycles. The van der Waals surface area contributed by atoms with Gasteiger partial charge in [0.25, 0.3) is 0 Å². The van der Waals surface area contributed by atoms with Crippen molar-refractivity contribution >= 4 is 18.2 Å². The second kappa shape index (κ2) is 21.2. The monoisotopic (exact) mass is 481 g/mol. The van der Waals surface area contributed by atoms with Crippen molar-refractivity contribution in [1.82, 2.24) is 15.8 Å². The van der Waals surface area contributed by atoms with Crippen LogP contribution in [0.4, 0.5) is 4.79 Å². The van der Waals surface area contributed by atoms with Gasteiger partial charge in [0.1, 0.15) is 5.60 Å². The number of nitrogens with zero attached hydrogens (tertiary/aromatic N) is 1. The minimum atomic E-state index is -0.687. The molecule has 1 aromatic rings. The molecule has 0 aliphatic rings. The number of carbonyl (C=O) groups excluding carboxylic acids is 2. The molecule has 0 bridgehead atoms. The molecular formula is C27H51N3O4. The highest BCUT2D eigenvalue weighted by Crippen LogP contribution is 2.24. The summed E-state index contributed by atoms with van der Waals surface area (Å²) in [5.41, 5.74) is 8.49. The number of methoxy groups -OCH3 is 1. The Balaban J connectivity index is -0.000000923. The quantitative estimate of drug-likeness (QED) is 0.319. The lowest BCUT2D eigenvalue weighted by Gasteiger charge is -2.27. The Morgan fingerprint density at radius 2 is 1.56 bits per heavy atom. The van der Waals surface area contributed by atoms with E-state index in [2.05, 4.69) is 10.9 Å². The van der Waals surface area contributed by atoms with Gasteiger partial charge in [-0.1, -0.05) is 70.9 Å². The minimum absolute atomic E-state index is 0.384. The maximum atomic E-state index is 12.5. The number of ether oxygens (including phenoxy) is 2. The fourth-order valence-electron chi connectivity index (χ4n) is 2.29. The molecule has 34 heavy (non-hydrogen) atoms. The van der Waals surface area contributed by atoms with Gasteiger partial charge in [0, 0.05) is 19.7 Å². The van der Waals surface area contributed by atoms with Crippen molar-refractivity contribution in [2.45, 2.75) is 101 Å². The number of hydrogen-bond acceptors (Lipinski definition) is 6. The topological polar surface area (TPSA) is 79.9 Å². The van der Waals surface area contributed by atoms with E-state index in [9.17, 15) is 9.59 Å². The van der Waals surface area contributed by atoms with Crippen LogP contribution in [-0.2, 0) is 14.3 Å². The summed E-state index contributed by atoms with van der Waals surface area (Å²) in [5.74, 6) is 0. The average molecular weight is 482 g/mol. The number of imide groups is 1. The highest BCUT2D eigenvalue weighted by Gasteiger charge is 2.26. The van der Waals surface area contributed by atoms with Gasteiger partial charge in [-0.3, -0.25) is 4.79 Å². The van der Waals surface area contributed by atoms with Crippen molar-refractivity contribution in [1.29, 1.82) is 0 Å². The zero-order valence-electron chi connectivity index (χ0n) is 24.0. The number of hydrazine groups is 1. The van der Waals surface area contributed by atoms with Crippen LogP contribution >= 0.6 is 0 Å². The van der Waals surface area contributed by atoms with E-state index in [1.54, 1.807) is 34.9 Å². The molecule has 198 valence electrons. The van der Waals surface area contributed by atoms with Gasteiger partial charge < -0.3 is 14.9 Å². The van der Waals surface area contributed by atoms with E-state index in [-0.39, 0.29) is 0 Å². The van der Waals surface area contributed by atoms with Crippen LogP contribution in [-0.4, -0.2) is 43.3 Å². The number of aryl methyl sites for hydroxylation is 1. The number of hydrogen-bond donors (Lipinski definition) is 2. The number of nitrogens with one attached hydrogen (secondary N) is 2. The van der Waals surface area contributed by atoms with Gasteiger partial charge >= 0.3 is 6.09 Å². The van der Waals surface area contributed by atoms with Crippen molar-refractivity contribution in [2.75, 3.05) is 14.2 Å². The number of carbonyl (C=O) groups is 2. The number of benzene rings is 1. The molecule has 0 fully saturated rings. The van der Waals surface area contributed by atoms with E-state index in [1.807, 2.05) is 79.7 Å². The first-order valence-electron chi connectivity index (χ1n) is 12.2. The Kier molecular flexibility index (Phi) is 22.5. The molecule has 0 heterocycles. The van der Waals surface area contributed by atoms with Crippen LogP contribution in [0.15, 0.2) is 30.0 Å². The van der Waals surface area contributed by atoms with E-state index in [0.29, 0.717) is 30.3 Å². The van der Waals surface area contributed by atoms with Gasteiger partial charge in [-0.15, -0.1) is 0 Å². The summed E-state index contributed by atoms with van der Waals surface area (Å²) in [6.45, 7) is 21.3. The van der Waals surface area contributed by atoms with Crippen LogP contribution in [0.5, 0.6) is 0 Å². The van der Waals surface area contributed by atoms with Gasteiger partial charge in [-0.25, -0.2) is 15.1 Å². The molecule has 0 radical (unpaired) electrons. The molecule has 0 unspecified atom stereocenters. The van der Waals surface area contributed by atoms with Crippen LogP contribution in [0, 0.1) is 6.92 Å². The third kappa shape index (κ3) is 16.3. The van der Waals surface area contributed by atoms with Crippen molar-refractivity contribution in [2.24, 2.45) is 0 Å². The van der Waals surface area contributed by atoms with Crippen molar-refractivity contribution in [3.8, 4) is 0 Å². The van der Waals surface area contributed by atoms with E-state index in [1.165, 1.54) is 0 Å². The Hall–Kier alpha value is -2.38. The summed E-state index contributed by atoms with van der Waals surface area (Å²) in [5, 5.41) is 0. The molecule has 0 saturated heterocycles. The maximum absolute atomic E-state index is 12.5. The Morgan fingerprint density at radius 1 is 1.09 bits per heavy atom. The van der Waals surface area contributed by atoms with Crippen LogP contribution < -0.4 is 10.9 Å². The molecule has 0 spiro atoms. The van der Waals surface area contributed by atoms with Crippen LogP contribution in [0.3, 0.4) is 0 Å². The van der Waals surface area contributed by atoms with Crippen LogP contribution in [0.25, 0.3) is 5.70 Å². The molecule has 2 amide bonds. The Bertz CT molecular complexity index is 678. The number of amides is 2. The first-order chi connectivity index (χ1) is 16.0. The van der Waals surface area contributed by atoms with Crippen molar-refractivity contribution < 1.29 is 19.1 Å². The summed E-state index contributed by atoms with van der Waals surface area (Å²) in [6.07, 6.45) is 1.51. The molecule has 7 nitrogen and oxygen atoms in total. The lowest BCUT2D eigenvalue weighted by atomic mass is 10.1. The predicted octanol–water partition coefficient (Wildman–Crippen LogP) is 6.67. The van der Waals surface area contributed by atoms with Gasteiger partial charge in [-0.05, 0) is 48.0 Å². The summed E-state index contributed by atoms with van der Waals surface area (Å²) < 4.78 is 10.1. The Labute approximate surface area is 209 Å². The van der Waals surface area contributed by atoms with Gasteiger partial charge in [-0.2, -0.15) is 0 Å². The lowest BCUT2D eigenvalue weighted by Crippen LogP contribution is -2.38. The second-order valence-corrected chi connectivity index (χ2v) is 8.05. The highest BCUT2D eigenvalue weighted by atomic mass is 16.6. The zero-order chi connectivity index (χ0) is 27.3. The van der Waals surface area contributed by atoms with Crippen LogP contribution in [0.1, 0.15) is 93.2 Å². The van der Waals surface area contributed by atoms with E-state index >= 15 is 0 Å². The average Bonchev–Trinajstić information content (AvgIpc) is 2.80. The highest BCUT2D eigenvalue weighted by molar-refractivity contribution is 5.86. The van der Waals surface area contributed by atoms with Crippen molar-refractivity contribution in [3.05, 3.63) is 41.1 Å². The van der Waals surface area contributed by atoms with Gasteiger partial charge in [0.05, 0.1) is 17.5 Å². The first kappa shape index (κ1) is 36.2. The number of rotatable bonds is 8. The van der Waals surface area contributed by atoms with E-state index in [0.717, 1.165) is 22.4 Å². The van der Waals surface area contributed by atoms with Crippen molar-refractivity contribution in [3.63, 3.8) is 0 Å². The van der Waals surface area contributed by atoms with Gasteiger partial charge in [0.2, 0.25) is 6.41 Å². The summed E-state index contributed by atoms with van der Waals surface area (Å²) >= 11 is 0. The van der Waals surface area contributed by atoms with Gasteiger partial charge in [0.15, 0.2) is 0 Å². The molecule has 2 N–H and O–H groups in total. The second-order valence-electron chi connectivity index (χ2n) is 8.05. The third-order valence-electron chi connectivity index (χ3n) is 3.82. The predicted molar refractivity (Wildman–Crippen MR) is 144 cm³/mol. The molecule has 0 aliphatic carbocycles. The molecule has 0 saturated carbocycles. The summed E-state index contributed by atoms with van der Waals surface area (Å²) in [4.78, 5) is 25.2. The van der Waals surface area contributed by atoms with E-state index in [4.69, 9.17) is 9.47 Å². The largest absolute Gasteiger partial charge is 0.443 e. The Morgan fingerprint density at radius 3 is 1.88 bits per heavy atom. The van der Waals surface area contributed by atoms with E-state index < -0.39 is 11.7 Å². The fraction of sp³-hybridized carbons (Fsp3) is 0.630. The number of allylic oxidation sites excluding steroid dienone is 1. The molecule has 1 aromatic carbocycles. The standard InChI is InChI=1S/C19H29N3O3.C4H10O.2C2H6/c1-7-8-16(22(13-23)18(24)25-19(3,4)5)17(21-20-6)15-11-9-14(2)10-12-15;1-4(2)5-3;2*1-2/h9-13,20-21H,7-8H2,1-6H3;4H,1-3H3;2*1-2H3/b17-16+;;;. The summed E-state index contributed by atoms with van der Waals surface area (Å²) in [7, 11) is 3.43. The SMILES string of the molecule is CC.CC.CCC/C(=C(\NNC)c1ccc(C)cc1)N(C=O)C(=O)OC(C)(C)C.COC(C)C. The smallest absolute Gasteiger partial charge is 0.421 e. The normalized spacial score (nSPS) is 10.8. The molecule has 7 heteroatoms. The molecular weight excluding hydrogens is 430 g/mol. The van der Waals surface area contributed by atoms with Crippen LogP contribution in [0.2, 0.25) is 0 Å². The fourth-order valence-corrected chi connectivity index (χ4v) is 2.29. The molecule has 0 atom stereocenters. The molecule has 0 aliphatic heterocycles. The maximum Gasteiger partial charge on any atom is 0.421 e. The summed E-state index contributed by atoms with van der Waals surface area (Å²) in [6, 6.07) is 7.86. The third-order valence-corrected chi connectivity index (χ3v) is 3.82. The lowest BCUT2D eigenvalue weighted by molar-refractivity contribution is -0.116. The minimum Gasteiger partial charge on any atom is -0.443 e.